The first-order valence-corrected chi connectivity index (χ1v) is 9.95. The van der Waals surface area contributed by atoms with E-state index in [1.165, 1.54) is 14.7 Å². The minimum atomic E-state index is -0.145. The van der Waals surface area contributed by atoms with E-state index >= 15 is 0 Å². The van der Waals surface area contributed by atoms with Gasteiger partial charge in [-0.05, 0) is 55.0 Å². The Balaban J connectivity index is 1.87. The molecule has 0 N–H and O–H groups in total. The van der Waals surface area contributed by atoms with Crippen LogP contribution >= 0.6 is 0 Å². The molecule has 0 atom stereocenters. The van der Waals surface area contributed by atoms with Crippen LogP contribution in [0.1, 0.15) is 18.9 Å². The van der Waals surface area contributed by atoms with Crippen molar-refractivity contribution in [3.63, 3.8) is 0 Å². The van der Waals surface area contributed by atoms with Crippen molar-refractivity contribution in [1.82, 2.24) is 0 Å². The molecule has 0 bridgehead atoms. The molecular weight excluding hydrogens is 340 g/mol. The molecule has 0 amide bonds. The first-order chi connectivity index (χ1) is 12.8. The molecule has 132 valence electrons. The molecule has 0 aromatic heterocycles. The molecule has 3 aromatic carbocycles. The summed E-state index contributed by atoms with van der Waals surface area (Å²) in [5, 5.41) is 0. The SMILES string of the molecule is C=C(OOCCC)c1ccc([S+](c2ccccc2)c2ccccc2)cc1. The molecule has 2 nitrogen and oxygen atoms in total. The molecular formula is C23H23O2S+. The summed E-state index contributed by atoms with van der Waals surface area (Å²) >= 11 is 0. The van der Waals surface area contributed by atoms with E-state index in [0.29, 0.717) is 12.4 Å². The van der Waals surface area contributed by atoms with Gasteiger partial charge in [0.25, 0.3) is 0 Å². The zero-order valence-corrected chi connectivity index (χ0v) is 15.7. The monoisotopic (exact) mass is 363 g/mol. The van der Waals surface area contributed by atoms with Crippen LogP contribution in [0.4, 0.5) is 0 Å². The molecule has 0 aliphatic rings. The Hall–Kier alpha value is -2.49. The van der Waals surface area contributed by atoms with Crippen LogP contribution in [-0.4, -0.2) is 6.61 Å². The maximum Gasteiger partial charge on any atom is 0.166 e. The average molecular weight is 364 g/mol. The molecule has 0 spiro atoms. The summed E-state index contributed by atoms with van der Waals surface area (Å²) in [7, 11) is -0.145. The van der Waals surface area contributed by atoms with Gasteiger partial charge in [-0.15, -0.1) is 0 Å². The van der Waals surface area contributed by atoms with Crippen molar-refractivity contribution in [3.05, 3.63) is 97.1 Å². The highest BCUT2D eigenvalue weighted by molar-refractivity contribution is 7.97. The molecule has 0 aliphatic heterocycles. The molecule has 0 saturated carbocycles. The molecule has 3 heteroatoms. The second-order valence-corrected chi connectivity index (χ2v) is 7.81. The van der Waals surface area contributed by atoms with E-state index in [4.69, 9.17) is 9.78 Å². The smallest absolute Gasteiger partial charge is 0.166 e. The Morgan fingerprint density at radius 1 is 0.769 bits per heavy atom. The highest BCUT2D eigenvalue weighted by Gasteiger charge is 2.28. The molecule has 0 heterocycles. The van der Waals surface area contributed by atoms with Crippen molar-refractivity contribution in [2.24, 2.45) is 0 Å². The summed E-state index contributed by atoms with van der Waals surface area (Å²) in [5.74, 6) is 0.532. The van der Waals surface area contributed by atoms with E-state index < -0.39 is 0 Å². The number of hydrogen-bond acceptors (Lipinski definition) is 2. The lowest BCUT2D eigenvalue weighted by Crippen LogP contribution is -2.04. The lowest BCUT2D eigenvalue weighted by atomic mass is 10.2. The second kappa shape index (κ2) is 9.27. The van der Waals surface area contributed by atoms with Crippen molar-refractivity contribution in [2.75, 3.05) is 6.61 Å². The molecule has 0 aliphatic carbocycles. The quantitative estimate of drug-likeness (QED) is 0.158. The van der Waals surface area contributed by atoms with Gasteiger partial charge < -0.3 is 4.89 Å². The second-order valence-electron chi connectivity index (χ2n) is 5.79. The molecule has 0 saturated heterocycles. The first-order valence-electron chi connectivity index (χ1n) is 8.73. The van der Waals surface area contributed by atoms with E-state index in [1.807, 2.05) is 19.1 Å². The lowest BCUT2D eigenvalue weighted by molar-refractivity contribution is -0.234. The highest BCUT2D eigenvalue weighted by Crippen LogP contribution is 2.31. The largest absolute Gasteiger partial charge is 0.338 e. The van der Waals surface area contributed by atoms with Crippen molar-refractivity contribution in [3.8, 4) is 0 Å². The van der Waals surface area contributed by atoms with E-state index in [-0.39, 0.29) is 10.9 Å². The number of hydrogen-bond donors (Lipinski definition) is 0. The third kappa shape index (κ3) is 4.57. The van der Waals surface area contributed by atoms with Crippen molar-refractivity contribution in [2.45, 2.75) is 28.0 Å². The molecule has 3 aromatic rings. The maximum absolute atomic E-state index is 5.25. The Bertz CT molecular complexity index is 774. The van der Waals surface area contributed by atoms with E-state index in [1.54, 1.807) is 0 Å². The van der Waals surface area contributed by atoms with Crippen LogP contribution in [0.15, 0.2) is 106 Å². The first kappa shape index (κ1) is 18.3. The lowest BCUT2D eigenvalue weighted by Gasteiger charge is -2.10. The molecule has 26 heavy (non-hydrogen) atoms. The van der Waals surface area contributed by atoms with Gasteiger partial charge in [0.1, 0.15) is 0 Å². The zero-order valence-electron chi connectivity index (χ0n) is 14.9. The summed E-state index contributed by atoms with van der Waals surface area (Å²) in [4.78, 5) is 14.2. The van der Waals surface area contributed by atoms with Crippen LogP contribution < -0.4 is 0 Å². The number of benzene rings is 3. The van der Waals surface area contributed by atoms with Gasteiger partial charge in [0.2, 0.25) is 0 Å². The fourth-order valence-corrected chi connectivity index (χ4v) is 4.63. The highest BCUT2D eigenvalue weighted by atomic mass is 32.2. The Morgan fingerprint density at radius 3 is 1.77 bits per heavy atom. The molecule has 0 radical (unpaired) electrons. The van der Waals surface area contributed by atoms with Gasteiger partial charge in [0.05, 0.1) is 17.5 Å². The maximum atomic E-state index is 5.25. The van der Waals surface area contributed by atoms with Crippen LogP contribution in [0, 0.1) is 0 Å². The van der Waals surface area contributed by atoms with Gasteiger partial charge >= 0.3 is 0 Å². The summed E-state index contributed by atoms with van der Waals surface area (Å²) in [6, 6.07) is 29.6. The van der Waals surface area contributed by atoms with Crippen LogP contribution in [-0.2, 0) is 20.7 Å². The summed E-state index contributed by atoms with van der Waals surface area (Å²) < 4.78 is 0. The third-order valence-electron chi connectivity index (χ3n) is 3.82. The Labute approximate surface area is 158 Å². The number of rotatable bonds is 8. The van der Waals surface area contributed by atoms with Gasteiger partial charge in [-0.1, -0.05) is 49.9 Å². The Morgan fingerprint density at radius 2 is 1.27 bits per heavy atom. The minimum Gasteiger partial charge on any atom is -0.338 e. The minimum absolute atomic E-state index is 0.145. The molecule has 3 rings (SSSR count). The van der Waals surface area contributed by atoms with Gasteiger partial charge in [-0.2, -0.15) is 4.89 Å². The topological polar surface area (TPSA) is 18.5 Å². The van der Waals surface area contributed by atoms with Crippen molar-refractivity contribution < 1.29 is 9.78 Å². The van der Waals surface area contributed by atoms with Crippen molar-refractivity contribution >= 4 is 16.7 Å². The van der Waals surface area contributed by atoms with E-state index in [0.717, 1.165) is 12.0 Å². The fraction of sp³-hybridized carbons (Fsp3) is 0.130. The van der Waals surface area contributed by atoms with E-state index in [2.05, 4.69) is 79.4 Å². The van der Waals surface area contributed by atoms with Crippen LogP contribution in [0.5, 0.6) is 0 Å². The van der Waals surface area contributed by atoms with E-state index in [9.17, 15) is 0 Å². The molecule has 0 fully saturated rings. The predicted molar refractivity (Wildman–Crippen MR) is 108 cm³/mol. The summed E-state index contributed by atoms with van der Waals surface area (Å²) in [6.45, 7) is 6.54. The fourth-order valence-electron chi connectivity index (χ4n) is 2.54. The van der Waals surface area contributed by atoms with Crippen LogP contribution in [0.2, 0.25) is 0 Å². The normalized spacial score (nSPS) is 10.7. The third-order valence-corrected chi connectivity index (χ3v) is 6.05. The average Bonchev–Trinajstić information content (AvgIpc) is 2.70. The zero-order chi connectivity index (χ0) is 18.2. The van der Waals surface area contributed by atoms with Gasteiger partial charge in [-0.25, -0.2) is 0 Å². The van der Waals surface area contributed by atoms with Gasteiger partial charge in [-0.3, -0.25) is 0 Å². The van der Waals surface area contributed by atoms with Gasteiger partial charge in [0.15, 0.2) is 20.4 Å². The van der Waals surface area contributed by atoms with Crippen LogP contribution in [0.3, 0.4) is 0 Å². The van der Waals surface area contributed by atoms with Crippen LogP contribution in [0.25, 0.3) is 5.76 Å². The Kier molecular flexibility index (Phi) is 6.53. The van der Waals surface area contributed by atoms with Crippen molar-refractivity contribution in [1.29, 1.82) is 0 Å². The summed E-state index contributed by atoms with van der Waals surface area (Å²) in [6.07, 6.45) is 0.906. The predicted octanol–water partition coefficient (Wildman–Crippen LogP) is 6.11. The standard InChI is InChI=1S/C23H23O2S/c1-3-18-24-25-19(2)20-14-16-23(17-15-20)26(21-10-6-4-7-11-21)22-12-8-5-9-13-22/h4-17H,2-3,18H2,1H3/q+1. The molecule has 0 unspecified atom stereocenters. The van der Waals surface area contributed by atoms with Gasteiger partial charge in [0, 0.05) is 5.56 Å². The summed E-state index contributed by atoms with van der Waals surface area (Å²) in [5.41, 5.74) is 0.925.